The van der Waals surface area contributed by atoms with Crippen LogP contribution in [0.2, 0.25) is 0 Å². The van der Waals surface area contributed by atoms with Crippen LogP contribution >= 0.6 is 15.9 Å². The zero-order valence-corrected chi connectivity index (χ0v) is 13.0. The van der Waals surface area contributed by atoms with Crippen molar-refractivity contribution in [3.8, 4) is 0 Å². The van der Waals surface area contributed by atoms with E-state index in [9.17, 15) is 9.59 Å². The molecule has 20 heavy (non-hydrogen) atoms. The number of fused-ring (bicyclic) bond motifs is 1. The molecular weight excluding hydrogens is 324 g/mol. The van der Waals surface area contributed by atoms with E-state index in [1.807, 2.05) is 13.8 Å². The zero-order valence-electron chi connectivity index (χ0n) is 11.4. The van der Waals surface area contributed by atoms with Crippen LogP contribution in [0.1, 0.15) is 19.9 Å². The summed E-state index contributed by atoms with van der Waals surface area (Å²) < 4.78 is 2.02. The molecule has 2 rings (SSSR count). The van der Waals surface area contributed by atoms with Crippen molar-refractivity contribution in [2.24, 2.45) is 0 Å². The Morgan fingerprint density at radius 3 is 2.65 bits per heavy atom. The van der Waals surface area contributed by atoms with E-state index in [-0.39, 0.29) is 17.6 Å². The number of benzene rings is 1. The molecule has 0 radical (unpaired) electrons. The van der Waals surface area contributed by atoms with Gasteiger partial charge < -0.3 is 10.6 Å². The van der Waals surface area contributed by atoms with Crippen LogP contribution in [0.3, 0.4) is 0 Å². The summed E-state index contributed by atoms with van der Waals surface area (Å²) in [5.74, 6) is 0. The smallest absolute Gasteiger partial charge is 0.318 e. The molecule has 0 spiro atoms. The maximum Gasteiger partial charge on any atom is 0.318 e. The van der Waals surface area contributed by atoms with Crippen LogP contribution in [0.25, 0.3) is 10.8 Å². The van der Waals surface area contributed by atoms with Gasteiger partial charge >= 0.3 is 6.03 Å². The van der Waals surface area contributed by atoms with Gasteiger partial charge in [0.15, 0.2) is 0 Å². The number of halogens is 1. The first-order chi connectivity index (χ1) is 9.43. The summed E-state index contributed by atoms with van der Waals surface area (Å²) in [6, 6.07) is 4.76. The molecule has 1 heterocycles. The van der Waals surface area contributed by atoms with Crippen LogP contribution in [-0.2, 0) is 0 Å². The maximum atomic E-state index is 12.4. The van der Waals surface area contributed by atoms with Crippen LogP contribution in [0.4, 0.5) is 10.5 Å². The van der Waals surface area contributed by atoms with Crippen molar-refractivity contribution < 1.29 is 4.79 Å². The minimum atomic E-state index is -0.332. The molecule has 0 aliphatic carbocycles. The Labute approximate surface area is 124 Å². The summed E-state index contributed by atoms with van der Waals surface area (Å²) in [7, 11) is 1.53. The Morgan fingerprint density at radius 2 is 2.05 bits per heavy atom. The molecule has 0 unspecified atom stereocenters. The third-order valence-electron chi connectivity index (χ3n) is 2.85. The lowest BCUT2D eigenvalue weighted by Crippen LogP contribution is -2.26. The van der Waals surface area contributed by atoms with Gasteiger partial charge in [-0.25, -0.2) is 9.48 Å². The van der Waals surface area contributed by atoms with Gasteiger partial charge in [-0.05, 0) is 48.0 Å². The highest BCUT2D eigenvalue weighted by Crippen LogP contribution is 2.22. The van der Waals surface area contributed by atoms with E-state index in [0.717, 1.165) is 0 Å². The van der Waals surface area contributed by atoms with Crippen molar-refractivity contribution in [1.29, 1.82) is 0 Å². The minimum absolute atomic E-state index is 0.0428. The van der Waals surface area contributed by atoms with Crippen molar-refractivity contribution in [2.45, 2.75) is 19.9 Å². The second kappa shape index (κ2) is 5.62. The number of hydrogen-bond donors (Lipinski definition) is 2. The zero-order chi connectivity index (χ0) is 14.9. The highest BCUT2D eigenvalue weighted by molar-refractivity contribution is 9.10. The normalized spacial score (nSPS) is 10.8. The maximum absolute atomic E-state index is 12.4. The fourth-order valence-corrected chi connectivity index (χ4v) is 2.36. The molecule has 1 aromatic carbocycles. The number of rotatable bonds is 2. The van der Waals surface area contributed by atoms with E-state index >= 15 is 0 Å². The summed E-state index contributed by atoms with van der Waals surface area (Å²) in [5.41, 5.74) is 0.376. The second-order valence-corrected chi connectivity index (χ2v) is 5.35. The molecule has 0 bridgehead atoms. The number of anilines is 1. The first-order valence-electron chi connectivity index (χ1n) is 6.15. The number of carbonyl (C=O) groups excluding carboxylic acids is 1. The lowest BCUT2D eigenvalue weighted by atomic mass is 10.2. The van der Waals surface area contributed by atoms with Gasteiger partial charge in [0, 0.05) is 18.1 Å². The molecule has 2 aromatic rings. The van der Waals surface area contributed by atoms with Gasteiger partial charge in [-0.1, -0.05) is 0 Å². The van der Waals surface area contributed by atoms with Crippen LogP contribution in [0, 0.1) is 0 Å². The number of urea groups is 1. The molecule has 0 saturated carbocycles. The lowest BCUT2D eigenvalue weighted by Gasteiger charge is -2.12. The molecule has 2 amide bonds. The second-order valence-electron chi connectivity index (χ2n) is 4.60. The van der Waals surface area contributed by atoms with E-state index in [4.69, 9.17) is 0 Å². The van der Waals surface area contributed by atoms with Crippen LogP contribution in [0.15, 0.2) is 27.6 Å². The molecule has 0 aliphatic heterocycles. The molecule has 0 saturated heterocycles. The van der Waals surface area contributed by atoms with Gasteiger partial charge in [0.2, 0.25) is 0 Å². The van der Waals surface area contributed by atoms with Crippen molar-refractivity contribution in [2.75, 3.05) is 12.4 Å². The predicted octanol–water partition coefficient (Wildman–Crippen LogP) is 2.49. The number of aromatic nitrogens is 2. The van der Waals surface area contributed by atoms with Gasteiger partial charge in [0.1, 0.15) is 4.60 Å². The quantitative estimate of drug-likeness (QED) is 0.883. The van der Waals surface area contributed by atoms with Crippen molar-refractivity contribution in [3.63, 3.8) is 0 Å². The highest BCUT2D eigenvalue weighted by atomic mass is 79.9. The van der Waals surface area contributed by atoms with Crippen molar-refractivity contribution in [1.82, 2.24) is 15.1 Å². The fraction of sp³-hybridized carbons (Fsp3) is 0.308. The van der Waals surface area contributed by atoms with Crippen LogP contribution in [-0.4, -0.2) is 22.9 Å². The average Bonchev–Trinajstić information content (AvgIpc) is 2.42. The van der Waals surface area contributed by atoms with Crippen molar-refractivity contribution in [3.05, 3.63) is 33.2 Å². The van der Waals surface area contributed by atoms with Gasteiger partial charge in [-0.3, -0.25) is 4.79 Å². The number of nitrogens with one attached hydrogen (secondary N) is 2. The summed E-state index contributed by atoms with van der Waals surface area (Å²) in [6.07, 6.45) is 0. The molecule has 2 N–H and O–H groups in total. The molecule has 0 fully saturated rings. The van der Waals surface area contributed by atoms with E-state index in [1.54, 1.807) is 18.2 Å². The van der Waals surface area contributed by atoms with E-state index in [0.29, 0.717) is 21.1 Å². The third kappa shape index (κ3) is 2.67. The van der Waals surface area contributed by atoms with Crippen LogP contribution < -0.4 is 16.2 Å². The predicted molar refractivity (Wildman–Crippen MR) is 82.2 cm³/mol. The molecular formula is C13H15BrN4O2. The van der Waals surface area contributed by atoms with Gasteiger partial charge in [0.05, 0.1) is 11.4 Å². The Hall–Kier alpha value is -1.89. The van der Waals surface area contributed by atoms with Crippen LogP contribution in [0.5, 0.6) is 0 Å². The largest absolute Gasteiger partial charge is 0.341 e. The summed E-state index contributed by atoms with van der Waals surface area (Å²) in [4.78, 5) is 23.7. The topological polar surface area (TPSA) is 76.0 Å². The van der Waals surface area contributed by atoms with Gasteiger partial charge in [-0.2, -0.15) is 5.10 Å². The molecule has 0 aliphatic rings. The molecule has 0 atom stereocenters. The third-order valence-corrected chi connectivity index (χ3v) is 3.44. The average molecular weight is 339 g/mol. The lowest BCUT2D eigenvalue weighted by molar-refractivity contribution is 0.254. The van der Waals surface area contributed by atoms with E-state index in [2.05, 4.69) is 31.7 Å². The summed E-state index contributed by atoms with van der Waals surface area (Å²) in [6.45, 7) is 3.78. The number of nitrogens with zero attached hydrogens (tertiary/aromatic N) is 2. The Bertz CT molecular complexity index is 724. The monoisotopic (exact) mass is 338 g/mol. The number of hydrogen-bond acceptors (Lipinski definition) is 3. The highest BCUT2D eigenvalue weighted by Gasteiger charge is 2.12. The summed E-state index contributed by atoms with van der Waals surface area (Å²) in [5, 5.41) is 10.6. The number of carbonyl (C=O) groups is 1. The SMILES string of the molecule is CNC(=O)Nc1ccc2c(Br)nn(C(C)C)c(=O)c2c1. The Morgan fingerprint density at radius 1 is 1.35 bits per heavy atom. The molecule has 1 aromatic heterocycles. The first-order valence-corrected chi connectivity index (χ1v) is 6.94. The minimum Gasteiger partial charge on any atom is -0.341 e. The van der Waals surface area contributed by atoms with E-state index in [1.165, 1.54) is 11.7 Å². The standard InChI is InChI=1S/C13H15BrN4O2/c1-7(2)18-12(19)10-6-8(16-13(20)15-3)4-5-9(10)11(14)17-18/h4-7H,1-3H3,(H2,15,16,20). The van der Waals surface area contributed by atoms with Crippen molar-refractivity contribution >= 4 is 38.4 Å². The fourth-order valence-electron chi connectivity index (χ4n) is 1.84. The van der Waals surface area contributed by atoms with E-state index < -0.39 is 0 Å². The van der Waals surface area contributed by atoms with Gasteiger partial charge in [0.25, 0.3) is 5.56 Å². The Balaban J connectivity index is 2.63. The molecule has 6 nitrogen and oxygen atoms in total. The Kier molecular flexibility index (Phi) is 4.08. The molecule has 106 valence electrons. The van der Waals surface area contributed by atoms with Gasteiger partial charge in [-0.15, -0.1) is 0 Å². The molecule has 7 heteroatoms. The summed E-state index contributed by atoms with van der Waals surface area (Å²) >= 11 is 3.37. The first kappa shape index (κ1) is 14.5. The number of amides is 2.